The molecule has 0 amide bonds. The van der Waals surface area contributed by atoms with Crippen LogP contribution in [-0.2, 0) is 0 Å². The minimum atomic E-state index is -0.219. The van der Waals surface area contributed by atoms with Crippen molar-refractivity contribution in [3.05, 3.63) is 0 Å². The van der Waals surface area contributed by atoms with Crippen molar-refractivity contribution in [1.29, 1.82) is 0 Å². The average molecular weight is 230 g/mol. The van der Waals surface area contributed by atoms with Gasteiger partial charge >= 0.3 is 0 Å². The molecule has 0 aromatic carbocycles. The molecule has 0 aromatic heterocycles. The molecule has 0 aliphatic heterocycles. The van der Waals surface area contributed by atoms with E-state index in [1.54, 1.807) is 0 Å². The molecule has 0 spiro atoms. The summed E-state index contributed by atoms with van der Waals surface area (Å²) in [5.41, 5.74) is 0. The summed E-state index contributed by atoms with van der Waals surface area (Å²) < 4.78 is 0. The summed E-state index contributed by atoms with van der Waals surface area (Å²) >= 11 is 0. The lowest BCUT2D eigenvalue weighted by molar-refractivity contribution is 0.0902. The molecule has 0 aromatic rings. The SMILES string of the molecule is CCCCN(C)CC(O)CN(C)CCCC. The third-order valence-electron chi connectivity index (χ3n) is 2.83. The van der Waals surface area contributed by atoms with Gasteiger partial charge in [0, 0.05) is 13.1 Å². The molecule has 0 aliphatic rings. The standard InChI is InChI=1S/C13H30N2O/c1-5-7-9-14(3)11-13(16)12-15(4)10-8-6-2/h13,16H,5-12H2,1-4H3. The fourth-order valence-corrected chi connectivity index (χ4v) is 1.82. The maximum Gasteiger partial charge on any atom is 0.0793 e. The number of hydrogen-bond donors (Lipinski definition) is 1. The highest BCUT2D eigenvalue weighted by Gasteiger charge is 2.10. The molecule has 0 atom stereocenters. The van der Waals surface area contributed by atoms with Gasteiger partial charge in [-0.2, -0.15) is 0 Å². The Morgan fingerprint density at radius 3 is 1.56 bits per heavy atom. The molecule has 98 valence electrons. The predicted octanol–water partition coefficient (Wildman–Crippen LogP) is 1.81. The number of aliphatic hydroxyl groups excluding tert-OH is 1. The second-order valence-corrected chi connectivity index (χ2v) is 4.89. The Morgan fingerprint density at radius 1 is 0.875 bits per heavy atom. The maximum atomic E-state index is 9.91. The highest BCUT2D eigenvalue weighted by molar-refractivity contribution is 4.65. The third kappa shape index (κ3) is 9.13. The summed E-state index contributed by atoms with van der Waals surface area (Å²) in [4.78, 5) is 4.45. The Balaban J connectivity index is 3.58. The summed E-state index contributed by atoms with van der Waals surface area (Å²) in [6.07, 6.45) is 4.65. The lowest BCUT2D eigenvalue weighted by atomic mass is 10.2. The van der Waals surface area contributed by atoms with Crippen LogP contribution in [0.15, 0.2) is 0 Å². The van der Waals surface area contributed by atoms with Crippen molar-refractivity contribution in [2.45, 2.75) is 45.6 Å². The minimum Gasteiger partial charge on any atom is -0.390 e. The molecule has 0 radical (unpaired) electrons. The number of likely N-dealkylation sites (N-methyl/N-ethyl adjacent to an activating group) is 2. The Bertz CT molecular complexity index is 137. The van der Waals surface area contributed by atoms with E-state index in [4.69, 9.17) is 0 Å². The third-order valence-corrected chi connectivity index (χ3v) is 2.83. The van der Waals surface area contributed by atoms with E-state index in [9.17, 15) is 5.11 Å². The highest BCUT2D eigenvalue weighted by Crippen LogP contribution is 1.98. The first-order valence-corrected chi connectivity index (χ1v) is 6.65. The second-order valence-electron chi connectivity index (χ2n) is 4.89. The van der Waals surface area contributed by atoms with E-state index in [2.05, 4.69) is 37.7 Å². The minimum absolute atomic E-state index is 0.219. The zero-order chi connectivity index (χ0) is 12.4. The van der Waals surface area contributed by atoms with Crippen molar-refractivity contribution in [1.82, 2.24) is 9.80 Å². The van der Waals surface area contributed by atoms with E-state index in [1.807, 2.05) is 0 Å². The van der Waals surface area contributed by atoms with Crippen molar-refractivity contribution in [3.63, 3.8) is 0 Å². The summed E-state index contributed by atoms with van der Waals surface area (Å²) in [6, 6.07) is 0. The molecule has 3 heteroatoms. The molecule has 3 nitrogen and oxygen atoms in total. The Kier molecular flexibility index (Phi) is 9.99. The van der Waals surface area contributed by atoms with Gasteiger partial charge in [-0.1, -0.05) is 26.7 Å². The van der Waals surface area contributed by atoms with Gasteiger partial charge in [0.15, 0.2) is 0 Å². The van der Waals surface area contributed by atoms with Gasteiger partial charge in [0.25, 0.3) is 0 Å². The lowest BCUT2D eigenvalue weighted by Crippen LogP contribution is -2.38. The first-order chi connectivity index (χ1) is 7.60. The largest absolute Gasteiger partial charge is 0.390 e. The van der Waals surface area contributed by atoms with Crippen LogP contribution in [0.25, 0.3) is 0 Å². The van der Waals surface area contributed by atoms with Crippen LogP contribution in [0.2, 0.25) is 0 Å². The lowest BCUT2D eigenvalue weighted by Gasteiger charge is -2.24. The summed E-state index contributed by atoms with van der Waals surface area (Å²) in [7, 11) is 4.18. The monoisotopic (exact) mass is 230 g/mol. The Morgan fingerprint density at radius 2 is 1.25 bits per heavy atom. The quantitative estimate of drug-likeness (QED) is 0.620. The molecule has 0 bridgehead atoms. The normalized spacial score (nSPS) is 12.0. The first-order valence-electron chi connectivity index (χ1n) is 6.65. The van der Waals surface area contributed by atoms with Gasteiger partial charge in [0.1, 0.15) is 0 Å². The fraction of sp³-hybridized carbons (Fsp3) is 1.00. The molecule has 0 aliphatic carbocycles. The van der Waals surface area contributed by atoms with E-state index in [0.29, 0.717) is 0 Å². The van der Waals surface area contributed by atoms with Crippen LogP contribution < -0.4 is 0 Å². The van der Waals surface area contributed by atoms with Gasteiger partial charge in [-0.05, 0) is 40.0 Å². The maximum absolute atomic E-state index is 9.91. The molecule has 0 saturated carbocycles. The van der Waals surface area contributed by atoms with Crippen LogP contribution >= 0.6 is 0 Å². The molecule has 16 heavy (non-hydrogen) atoms. The number of aliphatic hydroxyl groups is 1. The first kappa shape index (κ1) is 15.9. The Labute approximate surface area is 101 Å². The van der Waals surface area contributed by atoms with E-state index < -0.39 is 0 Å². The van der Waals surface area contributed by atoms with E-state index in [-0.39, 0.29) is 6.10 Å². The average Bonchev–Trinajstić information content (AvgIpc) is 2.23. The van der Waals surface area contributed by atoms with Gasteiger partial charge in [-0.3, -0.25) is 0 Å². The van der Waals surface area contributed by atoms with Crippen molar-refractivity contribution in [2.24, 2.45) is 0 Å². The number of unbranched alkanes of at least 4 members (excludes halogenated alkanes) is 2. The van der Waals surface area contributed by atoms with Crippen molar-refractivity contribution in [3.8, 4) is 0 Å². The van der Waals surface area contributed by atoms with Gasteiger partial charge in [-0.15, -0.1) is 0 Å². The highest BCUT2D eigenvalue weighted by atomic mass is 16.3. The van der Waals surface area contributed by atoms with Crippen LogP contribution in [0, 0.1) is 0 Å². The van der Waals surface area contributed by atoms with Crippen LogP contribution in [0.5, 0.6) is 0 Å². The van der Waals surface area contributed by atoms with Crippen molar-refractivity contribution >= 4 is 0 Å². The topological polar surface area (TPSA) is 26.7 Å². The molecule has 0 unspecified atom stereocenters. The van der Waals surface area contributed by atoms with Gasteiger partial charge in [0.05, 0.1) is 6.10 Å². The van der Waals surface area contributed by atoms with E-state index >= 15 is 0 Å². The fourth-order valence-electron chi connectivity index (χ4n) is 1.82. The second kappa shape index (κ2) is 10.1. The van der Waals surface area contributed by atoms with Gasteiger partial charge in [0.2, 0.25) is 0 Å². The Hall–Kier alpha value is -0.120. The molecule has 0 rings (SSSR count). The molecule has 1 N–H and O–H groups in total. The molecule has 0 fully saturated rings. The van der Waals surface area contributed by atoms with Crippen LogP contribution in [-0.4, -0.2) is 61.3 Å². The van der Waals surface area contributed by atoms with Crippen molar-refractivity contribution in [2.75, 3.05) is 40.3 Å². The predicted molar refractivity (Wildman–Crippen MR) is 70.8 cm³/mol. The zero-order valence-electron chi connectivity index (χ0n) is 11.6. The molecule has 0 saturated heterocycles. The van der Waals surface area contributed by atoms with Gasteiger partial charge in [-0.25, -0.2) is 0 Å². The number of hydrogen-bond acceptors (Lipinski definition) is 3. The van der Waals surface area contributed by atoms with Crippen LogP contribution in [0.4, 0.5) is 0 Å². The summed E-state index contributed by atoms with van der Waals surface area (Å²) in [6.45, 7) is 8.15. The number of nitrogens with zero attached hydrogens (tertiary/aromatic N) is 2. The number of rotatable bonds is 10. The van der Waals surface area contributed by atoms with Crippen LogP contribution in [0.1, 0.15) is 39.5 Å². The van der Waals surface area contributed by atoms with E-state index in [1.165, 1.54) is 25.7 Å². The molecular formula is C13H30N2O. The van der Waals surface area contributed by atoms with Crippen molar-refractivity contribution < 1.29 is 5.11 Å². The van der Waals surface area contributed by atoms with E-state index in [0.717, 1.165) is 26.2 Å². The molecule has 0 heterocycles. The molecular weight excluding hydrogens is 200 g/mol. The zero-order valence-corrected chi connectivity index (χ0v) is 11.6. The smallest absolute Gasteiger partial charge is 0.0793 e. The van der Waals surface area contributed by atoms with Crippen LogP contribution in [0.3, 0.4) is 0 Å². The summed E-state index contributed by atoms with van der Waals surface area (Å²) in [5, 5.41) is 9.91. The summed E-state index contributed by atoms with van der Waals surface area (Å²) in [5.74, 6) is 0. The van der Waals surface area contributed by atoms with Gasteiger partial charge < -0.3 is 14.9 Å².